The first kappa shape index (κ1) is 12.8. The molecule has 4 heteroatoms. The van der Waals surface area contributed by atoms with Crippen molar-refractivity contribution in [2.24, 2.45) is 0 Å². The summed E-state index contributed by atoms with van der Waals surface area (Å²) >= 11 is 1.63. The van der Waals surface area contributed by atoms with Gasteiger partial charge in [-0.1, -0.05) is 6.07 Å². The van der Waals surface area contributed by atoms with Crippen molar-refractivity contribution in [1.82, 2.24) is 0 Å². The molecule has 0 amide bonds. The second kappa shape index (κ2) is 5.70. The topological polar surface area (TPSA) is 35.5 Å². The van der Waals surface area contributed by atoms with Gasteiger partial charge in [-0.25, -0.2) is 4.79 Å². The summed E-state index contributed by atoms with van der Waals surface area (Å²) in [5, 5.41) is 1.99. The van der Waals surface area contributed by atoms with Gasteiger partial charge in [0, 0.05) is 4.88 Å². The molecule has 0 radical (unpaired) electrons. The Balaban J connectivity index is 2.23. The fourth-order valence-electron chi connectivity index (χ4n) is 0.946. The van der Waals surface area contributed by atoms with Crippen LogP contribution in [-0.2, 0) is 9.47 Å². The standard InChI is InChI=1S/C12H16O3S/c1-12(2,3)15-11(13)14-8-4-6-10-7-5-9-16-10/h4-7,9H,8H2,1-3H3/b6-4+. The first-order valence-electron chi connectivity index (χ1n) is 5.03. The fraction of sp³-hybridized carbons (Fsp3) is 0.417. The van der Waals surface area contributed by atoms with Crippen molar-refractivity contribution in [3.63, 3.8) is 0 Å². The Morgan fingerprint density at radius 2 is 2.25 bits per heavy atom. The number of rotatable bonds is 3. The van der Waals surface area contributed by atoms with Gasteiger partial charge in [0.1, 0.15) is 12.2 Å². The Morgan fingerprint density at radius 1 is 1.50 bits per heavy atom. The number of hydrogen-bond donors (Lipinski definition) is 0. The Kier molecular flexibility index (Phi) is 4.55. The highest BCUT2D eigenvalue weighted by Gasteiger charge is 2.16. The molecule has 1 aromatic heterocycles. The molecule has 0 unspecified atom stereocenters. The maximum atomic E-state index is 11.1. The lowest BCUT2D eigenvalue weighted by molar-refractivity contribution is -0.00234. The lowest BCUT2D eigenvalue weighted by atomic mass is 10.2. The lowest BCUT2D eigenvalue weighted by Gasteiger charge is -2.18. The summed E-state index contributed by atoms with van der Waals surface area (Å²) in [6.07, 6.45) is 3.06. The predicted octanol–water partition coefficient (Wildman–Crippen LogP) is 3.71. The van der Waals surface area contributed by atoms with Crippen LogP contribution >= 0.6 is 11.3 Å². The summed E-state index contributed by atoms with van der Waals surface area (Å²) in [6, 6.07) is 3.97. The first-order chi connectivity index (χ1) is 7.47. The van der Waals surface area contributed by atoms with E-state index in [0.29, 0.717) is 0 Å². The number of thiophene rings is 1. The second-order valence-corrected chi connectivity index (χ2v) is 5.17. The number of hydrogen-bond acceptors (Lipinski definition) is 4. The largest absolute Gasteiger partial charge is 0.509 e. The molecular formula is C12H16O3S. The molecule has 0 spiro atoms. The molecule has 0 fully saturated rings. The van der Waals surface area contributed by atoms with Crippen molar-refractivity contribution in [2.45, 2.75) is 26.4 Å². The number of carbonyl (C=O) groups is 1. The van der Waals surface area contributed by atoms with E-state index >= 15 is 0 Å². The molecule has 0 atom stereocenters. The molecule has 0 aliphatic rings. The third-order valence-corrected chi connectivity index (χ3v) is 2.35. The quantitative estimate of drug-likeness (QED) is 0.755. The summed E-state index contributed by atoms with van der Waals surface area (Å²) in [5.41, 5.74) is -0.505. The number of carbonyl (C=O) groups excluding carboxylic acids is 1. The van der Waals surface area contributed by atoms with E-state index in [0.717, 1.165) is 4.88 Å². The molecule has 1 rings (SSSR count). The van der Waals surface area contributed by atoms with E-state index in [9.17, 15) is 4.79 Å². The molecule has 0 aromatic carbocycles. The van der Waals surface area contributed by atoms with Crippen molar-refractivity contribution in [1.29, 1.82) is 0 Å². The first-order valence-corrected chi connectivity index (χ1v) is 5.91. The molecular weight excluding hydrogens is 224 g/mol. The predicted molar refractivity (Wildman–Crippen MR) is 65.5 cm³/mol. The summed E-state index contributed by atoms with van der Waals surface area (Å²) in [5.74, 6) is 0. The monoisotopic (exact) mass is 240 g/mol. The van der Waals surface area contributed by atoms with Gasteiger partial charge in [-0.3, -0.25) is 0 Å². The summed E-state index contributed by atoms with van der Waals surface area (Å²) < 4.78 is 9.86. The molecule has 0 N–H and O–H groups in total. The van der Waals surface area contributed by atoms with Gasteiger partial charge >= 0.3 is 6.16 Å². The Labute approximate surface area is 99.7 Å². The molecule has 0 saturated heterocycles. The highest BCUT2D eigenvalue weighted by molar-refractivity contribution is 7.10. The van der Waals surface area contributed by atoms with Crippen LogP contribution in [0.25, 0.3) is 6.08 Å². The highest BCUT2D eigenvalue weighted by Crippen LogP contribution is 2.10. The average molecular weight is 240 g/mol. The molecule has 0 saturated carbocycles. The third kappa shape index (κ3) is 5.56. The van der Waals surface area contributed by atoms with Crippen LogP contribution in [0.4, 0.5) is 4.79 Å². The molecule has 0 aliphatic heterocycles. The van der Waals surface area contributed by atoms with Gasteiger partial charge < -0.3 is 9.47 Å². The van der Waals surface area contributed by atoms with Crippen LogP contribution in [-0.4, -0.2) is 18.4 Å². The number of ether oxygens (including phenoxy) is 2. The van der Waals surface area contributed by atoms with E-state index < -0.39 is 11.8 Å². The Morgan fingerprint density at radius 3 is 2.81 bits per heavy atom. The van der Waals surface area contributed by atoms with Gasteiger partial charge in [0.2, 0.25) is 0 Å². The van der Waals surface area contributed by atoms with E-state index in [-0.39, 0.29) is 6.61 Å². The van der Waals surface area contributed by atoms with E-state index in [1.165, 1.54) is 0 Å². The molecule has 0 bridgehead atoms. The molecule has 3 nitrogen and oxygen atoms in total. The maximum Gasteiger partial charge on any atom is 0.509 e. The van der Waals surface area contributed by atoms with Crippen molar-refractivity contribution in [2.75, 3.05) is 6.61 Å². The zero-order chi connectivity index (χ0) is 12.0. The van der Waals surface area contributed by atoms with Crippen LogP contribution < -0.4 is 0 Å². The second-order valence-electron chi connectivity index (χ2n) is 4.19. The van der Waals surface area contributed by atoms with Crippen molar-refractivity contribution >= 4 is 23.6 Å². The van der Waals surface area contributed by atoms with E-state index in [2.05, 4.69) is 0 Å². The minimum Gasteiger partial charge on any atom is -0.430 e. The van der Waals surface area contributed by atoms with Gasteiger partial charge in [0.05, 0.1) is 0 Å². The van der Waals surface area contributed by atoms with Crippen molar-refractivity contribution < 1.29 is 14.3 Å². The van der Waals surface area contributed by atoms with Crippen molar-refractivity contribution in [3.8, 4) is 0 Å². The van der Waals surface area contributed by atoms with Crippen LogP contribution in [0.2, 0.25) is 0 Å². The molecule has 88 valence electrons. The van der Waals surface area contributed by atoms with E-state index in [1.54, 1.807) is 38.2 Å². The minimum atomic E-state index is -0.636. The maximum absolute atomic E-state index is 11.1. The third-order valence-electron chi connectivity index (χ3n) is 1.51. The lowest BCUT2D eigenvalue weighted by Crippen LogP contribution is -2.24. The van der Waals surface area contributed by atoms with Crippen molar-refractivity contribution in [3.05, 3.63) is 28.5 Å². The summed E-state index contributed by atoms with van der Waals surface area (Å²) in [4.78, 5) is 12.3. The SMILES string of the molecule is CC(C)(C)OC(=O)OC/C=C/c1cccs1. The minimum absolute atomic E-state index is 0.229. The van der Waals surface area contributed by atoms with Crippen LogP contribution in [0.15, 0.2) is 23.6 Å². The molecule has 0 aliphatic carbocycles. The molecule has 1 aromatic rings. The summed E-state index contributed by atoms with van der Waals surface area (Å²) in [6.45, 7) is 5.63. The zero-order valence-electron chi connectivity index (χ0n) is 9.73. The Hall–Kier alpha value is -1.29. The smallest absolute Gasteiger partial charge is 0.430 e. The fourth-order valence-corrected chi connectivity index (χ4v) is 1.59. The van der Waals surface area contributed by atoms with Gasteiger partial charge in [0.25, 0.3) is 0 Å². The zero-order valence-corrected chi connectivity index (χ0v) is 10.5. The summed E-state index contributed by atoms with van der Waals surface area (Å²) in [7, 11) is 0. The Bertz CT molecular complexity index is 347. The van der Waals surface area contributed by atoms with Gasteiger partial charge in [-0.15, -0.1) is 11.3 Å². The van der Waals surface area contributed by atoms with Crippen LogP contribution in [0, 0.1) is 0 Å². The average Bonchev–Trinajstić information content (AvgIpc) is 2.62. The molecule has 1 heterocycles. The normalized spacial score (nSPS) is 11.7. The van der Waals surface area contributed by atoms with Crippen LogP contribution in [0.1, 0.15) is 25.6 Å². The van der Waals surface area contributed by atoms with Gasteiger partial charge in [-0.2, -0.15) is 0 Å². The molecule has 16 heavy (non-hydrogen) atoms. The highest BCUT2D eigenvalue weighted by atomic mass is 32.1. The van der Waals surface area contributed by atoms with Crippen LogP contribution in [0.3, 0.4) is 0 Å². The van der Waals surface area contributed by atoms with Gasteiger partial charge in [0.15, 0.2) is 0 Å². The van der Waals surface area contributed by atoms with Gasteiger partial charge in [-0.05, 0) is 44.4 Å². The van der Waals surface area contributed by atoms with E-state index in [1.807, 2.05) is 23.6 Å². The van der Waals surface area contributed by atoms with Crippen LogP contribution in [0.5, 0.6) is 0 Å². The van der Waals surface area contributed by atoms with E-state index in [4.69, 9.17) is 9.47 Å².